The number of anilines is 1. The van der Waals surface area contributed by atoms with Crippen LogP contribution in [0.4, 0.5) is 5.69 Å². The van der Waals surface area contributed by atoms with E-state index < -0.39 is 6.10 Å². The third-order valence-electron chi connectivity index (χ3n) is 2.64. The number of H-pyrrole nitrogens is 1. The maximum Gasteiger partial charge on any atom is 0.103 e. The quantitative estimate of drug-likeness (QED) is 0.757. The van der Waals surface area contributed by atoms with Crippen molar-refractivity contribution in [2.24, 2.45) is 0 Å². The molecular weight excluding hydrogens is 214 g/mol. The Bertz CT molecular complexity index is 491. The molecule has 0 bridgehead atoms. The first kappa shape index (κ1) is 11.7. The molecule has 1 unspecified atom stereocenters. The molecule has 2 rings (SSSR count). The summed E-state index contributed by atoms with van der Waals surface area (Å²) >= 11 is 0. The fourth-order valence-electron chi connectivity index (χ4n) is 1.77. The average Bonchev–Trinajstić information content (AvgIpc) is 2.73. The molecule has 0 fully saturated rings. The molecule has 0 aliphatic carbocycles. The van der Waals surface area contributed by atoms with Crippen LogP contribution in [0, 0.1) is 6.92 Å². The minimum Gasteiger partial charge on any atom is -0.389 e. The standard InChI is InChI=1S/C13H17N3O/c1-9(17)12-5-3-4-6-13(12)15-8-11-7-14-10(2)16-11/h3-7,9,15,17H,8H2,1-2H3,(H,14,16). The number of aromatic nitrogens is 2. The van der Waals surface area contributed by atoms with E-state index in [1.807, 2.05) is 37.4 Å². The highest BCUT2D eigenvalue weighted by Gasteiger charge is 2.06. The van der Waals surface area contributed by atoms with Crippen molar-refractivity contribution in [3.05, 3.63) is 47.5 Å². The molecule has 1 heterocycles. The molecule has 0 saturated heterocycles. The summed E-state index contributed by atoms with van der Waals surface area (Å²) in [5.74, 6) is 0.908. The second kappa shape index (κ2) is 5.01. The van der Waals surface area contributed by atoms with Crippen molar-refractivity contribution in [3.8, 4) is 0 Å². The normalized spacial score (nSPS) is 12.4. The molecule has 4 heteroatoms. The number of rotatable bonds is 4. The van der Waals surface area contributed by atoms with Crippen LogP contribution >= 0.6 is 0 Å². The number of aromatic amines is 1. The van der Waals surface area contributed by atoms with Crippen LogP contribution in [0.1, 0.15) is 30.1 Å². The number of aryl methyl sites for hydroxylation is 1. The smallest absolute Gasteiger partial charge is 0.103 e. The fraction of sp³-hybridized carbons (Fsp3) is 0.308. The van der Waals surface area contributed by atoms with Crippen LogP contribution in [0.5, 0.6) is 0 Å². The molecular formula is C13H17N3O. The Morgan fingerprint density at radius 3 is 2.82 bits per heavy atom. The number of aliphatic hydroxyl groups is 1. The van der Waals surface area contributed by atoms with Crippen LogP contribution in [-0.2, 0) is 6.54 Å². The number of para-hydroxylation sites is 1. The highest BCUT2D eigenvalue weighted by Crippen LogP contribution is 2.22. The van der Waals surface area contributed by atoms with Gasteiger partial charge in [0.25, 0.3) is 0 Å². The zero-order valence-electron chi connectivity index (χ0n) is 10.1. The predicted molar refractivity (Wildman–Crippen MR) is 67.7 cm³/mol. The summed E-state index contributed by atoms with van der Waals surface area (Å²) in [6.45, 7) is 4.36. The Balaban J connectivity index is 2.08. The number of nitrogens with one attached hydrogen (secondary N) is 2. The second-order valence-corrected chi connectivity index (χ2v) is 4.11. The highest BCUT2D eigenvalue weighted by atomic mass is 16.3. The molecule has 0 radical (unpaired) electrons. The molecule has 1 atom stereocenters. The van der Waals surface area contributed by atoms with Gasteiger partial charge in [0.1, 0.15) is 5.82 Å². The Hall–Kier alpha value is -1.81. The van der Waals surface area contributed by atoms with E-state index in [0.717, 1.165) is 22.8 Å². The Labute approximate surface area is 101 Å². The van der Waals surface area contributed by atoms with Crippen LogP contribution in [0.2, 0.25) is 0 Å². The van der Waals surface area contributed by atoms with Crippen molar-refractivity contribution in [1.29, 1.82) is 0 Å². The molecule has 0 saturated carbocycles. The molecule has 90 valence electrons. The van der Waals surface area contributed by atoms with E-state index in [4.69, 9.17) is 0 Å². The van der Waals surface area contributed by atoms with Crippen molar-refractivity contribution < 1.29 is 5.11 Å². The minimum absolute atomic E-state index is 0.470. The van der Waals surface area contributed by atoms with Crippen molar-refractivity contribution in [2.45, 2.75) is 26.5 Å². The molecule has 0 amide bonds. The van der Waals surface area contributed by atoms with Gasteiger partial charge in [-0.05, 0) is 19.9 Å². The number of imidazole rings is 1. The summed E-state index contributed by atoms with van der Waals surface area (Å²) in [7, 11) is 0. The van der Waals surface area contributed by atoms with Crippen LogP contribution in [0.3, 0.4) is 0 Å². The van der Waals surface area contributed by atoms with Crippen molar-refractivity contribution >= 4 is 5.69 Å². The maximum absolute atomic E-state index is 9.65. The summed E-state index contributed by atoms with van der Waals surface area (Å²) in [6.07, 6.45) is 1.34. The first-order chi connectivity index (χ1) is 8.16. The number of nitrogens with zero attached hydrogens (tertiary/aromatic N) is 1. The topological polar surface area (TPSA) is 60.9 Å². The van der Waals surface area contributed by atoms with Crippen molar-refractivity contribution in [3.63, 3.8) is 0 Å². The minimum atomic E-state index is -0.470. The van der Waals surface area contributed by atoms with Gasteiger partial charge in [0.2, 0.25) is 0 Å². The lowest BCUT2D eigenvalue weighted by molar-refractivity contribution is 0.200. The van der Waals surface area contributed by atoms with E-state index in [2.05, 4.69) is 15.3 Å². The monoisotopic (exact) mass is 231 g/mol. The van der Waals surface area contributed by atoms with Crippen LogP contribution in [0.15, 0.2) is 30.5 Å². The number of benzene rings is 1. The summed E-state index contributed by atoms with van der Waals surface area (Å²) in [5.41, 5.74) is 2.89. The van der Waals surface area contributed by atoms with Crippen LogP contribution in [-0.4, -0.2) is 15.1 Å². The van der Waals surface area contributed by atoms with E-state index in [9.17, 15) is 5.11 Å². The molecule has 1 aromatic heterocycles. The van der Waals surface area contributed by atoms with E-state index in [1.165, 1.54) is 0 Å². The predicted octanol–water partition coefficient (Wildman–Crippen LogP) is 2.38. The molecule has 4 nitrogen and oxygen atoms in total. The number of hydrogen-bond donors (Lipinski definition) is 3. The SMILES string of the molecule is Cc1ncc(CNc2ccccc2C(C)O)[nH]1. The molecule has 3 N–H and O–H groups in total. The number of hydrogen-bond acceptors (Lipinski definition) is 3. The molecule has 0 aliphatic heterocycles. The van der Waals surface area contributed by atoms with Gasteiger partial charge in [-0.3, -0.25) is 0 Å². The van der Waals surface area contributed by atoms with E-state index >= 15 is 0 Å². The van der Waals surface area contributed by atoms with Gasteiger partial charge < -0.3 is 15.4 Å². The van der Waals surface area contributed by atoms with Gasteiger partial charge in [0.05, 0.1) is 24.5 Å². The summed E-state index contributed by atoms with van der Waals surface area (Å²) < 4.78 is 0. The third kappa shape index (κ3) is 2.85. The summed E-state index contributed by atoms with van der Waals surface area (Å²) in [6, 6.07) is 7.76. The largest absolute Gasteiger partial charge is 0.389 e. The first-order valence-corrected chi connectivity index (χ1v) is 5.68. The third-order valence-corrected chi connectivity index (χ3v) is 2.64. The first-order valence-electron chi connectivity index (χ1n) is 5.68. The Morgan fingerprint density at radius 2 is 2.18 bits per heavy atom. The van der Waals surface area contributed by atoms with Crippen molar-refractivity contribution in [1.82, 2.24) is 9.97 Å². The molecule has 0 spiro atoms. The summed E-state index contributed by atoms with van der Waals surface area (Å²) in [5, 5.41) is 12.9. The lowest BCUT2D eigenvalue weighted by atomic mass is 10.1. The molecule has 0 aliphatic rings. The lowest BCUT2D eigenvalue weighted by Crippen LogP contribution is -2.04. The maximum atomic E-state index is 9.65. The Kier molecular flexibility index (Phi) is 3.44. The zero-order valence-corrected chi connectivity index (χ0v) is 10.1. The van der Waals surface area contributed by atoms with Gasteiger partial charge in [-0.1, -0.05) is 18.2 Å². The van der Waals surface area contributed by atoms with E-state index in [-0.39, 0.29) is 0 Å². The van der Waals surface area contributed by atoms with Gasteiger partial charge >= 0.3 is 0 Å². The van der Waals surface area contributed by atoms with E-state index in [0.29, 0.717) is 6.54 Å². The molecule has 1 aromatic carbocycles. The lowest BCUT2D eigenvalue weighted by Gasteiger charge is -2.13. The van der Waals surface area contributed by atoms with E-state index in [1.54, 1.807) is 6.92 Å². The van der Waals surface area contributed by atoms with Crippen LogP contribution in [0.25, 0.3) is 0 Å². The highest BCUT2D eigenvalue weighted by molar-refractivity contribution is 5.52. The fourth-order valence-corrected chi connectivity index (χ4v) is 1.77. The van der Waals surface area contributed by atoms with Gasteiger partial charge in [-0.15, -0.1) is 0 Å². The number of aliphatic hydroxyl groups excluding tert-OH is 1. The average molecular weight is 231 g/mol. The van der Waals surface area contributed by atoms with Crippen LogP contribution < -0.4 is 5.32 Å². The second-order valence-electron chi connectivity index (χ2n) is 4.11. The van der Waals surface area contributed by atoms with Gasteiger partial charge in [0, 0.05) is 11.3 Å². The van der Waals surface area contributed by atoms with Gasteiger partial charge in [0.15, 0.2) is 0 Å². The molecule has 17 heavy (non-hydrogen) atoms. The Morgan fingerprint density at radius 1 is 1.41 bits per heavy atom. The van der Waals surface area contributed by atoms with Gasteiger partial charge in [-0.2, -0.15) is 0 Å². The zero-order chi connectivity index (χ0) is 12.3. The summed E-state index contributed by atoms with van der Waals surface area (Å²) in [4.78, 5) is 7.30. The van der Waals surface area contributed by atoms with Gasteiger partial charge in [-0.25, -0.2) is 4.98 Å². The van der Waals surface area contributed by atoms with Crippen molar-refractivity contribution in [2.75, 3.05) is 5.32 Å². The molecule has 2 aromatic rings.